The standard InChI is InChI=1S/C27H29ClFN3O2S/c1-2-3-4-5-25(33)32-14-12-19(13-15-32)27-31-24(17-35-27)26(34)30-23-11-10-21(29)16-22(23)18-6-8-20(28)9-7-18/h6-11,16-17,19H,2-5,12-15H2,1H3,(H,30,34). The Bertz CT molecular complexity index is 1170. The molecule has 2 heterocycles. The van der Waals surface area contributed by atoms with E-state index >= 15 is 0 Å². The van der Waals surface area contributed by atoms with Gasteiger partial charge >= 0.3 is 0 Å². The maximum absolute atomic E-state index is 14.0. The molecule has 35 heavy (non-hydrogen) atoms. The first-order chi connectivity index (χ1) is 16.9. The number of hydrogen-bond donors (Lipinski definition) is 1. The summed E-state index contributed by atoms with van der Waals surface area (Å²) in [5, 5.41) is 6.15. The molecule has 1 aliphatic heterocycles. The van der Waals surface area contributed by atoms with Crippen LogP contribution in [-0.2, 0) is 4.79 Å². The van der Waals surface area contributed by atoms with Crippen molar-refractivity contribution in [1.82, 2.24) is 9.88 Å². The summed E-state index contributed by atoms with van der Waals surface area (Å²) < 4.78 is 14.0. The molecule has 184 valence electrons. The van der Waals surface area contributed by atoms with Gasteiger partial charge in [-0.15, -0.1) is 11.3 Å². The lowest BCUT2D eigenvalue weighted by molar-refractivity contribution is -0.132. The summed E-state index contributed by atoms with van der Waals surface area (Å²) in [7, 11) is 0. The number of amides is 2. The van der Waals surface area contributed by atoms with Crippen LogP contribution in [0.4, 0.5) is 10.1 Å². The lowest BCUT2D eigenvalue weighted by Crippen LogP contribution is -2.37. The maximum atomic E-state index is 14.0. The van der Waals surface area contributed by atoms with Gasteiger partial charge in [0.1, 0.15) is 11.5 Å². The zero-order valence-electron chi connectivity index (χ0n) is 19.7. The number of benzene rings is 2. The molecule has 8 heteroatoms. The fraction of sp³-hybridized carbons (Fsp3) is 0.370. The molecular weight excluding hydrogens is 485 g/mol. The number of piperidine rings is 1. The second kappa shape index (κ2) is 11.8. The highest BCUT2D eigenvalue weighted by molar-refractivity contribution is 7.10. The minimum atomic E-state index is -0.390. The van der Waals surface area contributed by atoms with E-state index in [0.717, 1.165) is 55.8 Å². The van der Waals surface area contributed by atoms with Gasteiger partial charge in [0.15, 0.2) is 0 Å². The Hall–Kier alpha value is -2.77. The average molecular weight is 514 g/mol. The Morgan fingerprint density at radius 3 is 2.60 bits per heavy atom. The van der Waals surface area contributed by atoms with E-state index < -0.39 is 0 Å². The number of nitrogens with zero attached hydrogens (tertiary/aromatic N) is 2. The highest BCUT2D eigenvalue weighted by atomic mass is 35.5. The molecule has 0 radical (unpaired) electrons. The third-order valence-electron chi connectivity index (χ3n) is 6.33. The van der Waals surface area contributed by atoms with Crippen LogP contribution in [0.25, 0.3) is 11.1 Å². The van der Waals surface area contributed by atoms with Gasteiger partial charge < -0.3 is 10.2 Å². The number of anilines is 1. The number of unbranched alkanes of at least 4 members (excludes halogenated alkanes) is 2. The summed E-state index contributed by atoms with van der Waals surface area (Å²) in [5.74, 6) is -0.236. The molecule has 0 bridgehead atoms. The van der Waals surface area contributed by atoms with Crippen molar-refractivity contribution in [3.05, 3.63) is 69.4 Å². The van der Waals surface area contributed by atoms with Crippen LogP contribution in [0.2, 0.25) is 5.02 Å². The molecule has 1 N–H and O–H groups in total. The minimum absolute atomic E-state index is 0.242. The second-order valence-corrected chi connectivity index (χ2v) is 10.2. The summed E-state index contributed by atoms with van der Waals surface area (Å²) in [5.41, 5.74) is 2.17. The van der Waals surface area contributed by atoms with Crippen molar-refractivity contribution in [2.24, 2.45) is 0 Å². The van der Waals surface area contributed by atoms with E-state index in [9.17, 15) is 14.0 Å². The summed E-state index contributed by atoms with van der Waals surface area (Å²) in [4.78, 5) is 31.9. The SMILES string of the molecule is CCCCCC(=O)N1CCC(c2nc(C(=O)Nc3ccc(F)cc3-c3ccc(Cl)cc3)cs2)CC1. The summed E-state index contributed by atoms with van der Waals surface area (Å²) >= 11 is 7.46. The Kier molecular flexibility index (Phi) is 8.52. The van der Waals surface area contributed by atoms with Gasteiger partial charge in [0.25, 0.3) is 5.91 Å². The fourth-order valence-electron chi connectivity index (χ4n) is 4.32. The van der Waals surface area contributed by atoms with E-state index in [2.05, 4.69) is 17.2 Å². The van der Waals surface area contributed by atoms with Crippen LogP contribution in [0.3, 0.4) is 0 Å². The number of rotatable bonds is 8. The van der Waals surface area contributed by atoms with E-state index in [1.54, 1.807) is 35.7 Å². The van der Waals surface area contributed by atoms with Gasteiger partial charge in [-0.05, 0) is 55.2 Å². The molecule has 0 aliphatic carbocycles. The van der Waals surface area contributed by atoms with Crippen molar-refractivity contribution in [3.8, 4) is 11.1 Å². The third-order valence-corrected chi connectivity index (χ3v) is 7.59. The van der Waals surface area contributed by atoms with Crippen molar-refractivity contribution in [2.75, 3.05) is 18.4 Å². The van der Waals surface area contributed by atoms with E-state index in [-0.39, 0.29) is 23.5 Å². The molecule has 2 amide bonds. The van der Waals surface area contributed by atoms with Gasteiger partial charge in [0.05, 0.1) is 5.01 Å². The molecule has 4 rings (SSSR count). The van der Waals surface area contributed by atoms with Gasteiger partial charge in [0, 0.05) is 47.1 Å². The Labute approximate surface area is 214 Å². The lowest BCUT2D eigenvalue weighted by Gasteiger charge is -2.31. The molecule has 1 aromatic heterocycles. The highest BCUT2D eigenvalue weighted by Crippen LogP contribution is 2.32. The number of likely N-dealkylation sites (tertiary alicyclic amines) is 1. The van der Waals surface area contributed by atoms with Gasteiger partial charge in [0.2, 0.25) is 5.91 Å². The topological polar surface area (TPSA) is 62.3 Å². The van der Waals surface area contributed by atoms with E-state index in [0.29, 0.717) is 28.4 Å². The average Bonchev–Trinajstić information content (AvgIpc) is 3.36. The van der Waals surface area contributed by atoms with Crippen LogP contribution in [0.15, 0.2) is 47.8 Å². The van der Waals surface area contributed by atoms with E-state index in [4.69, 9.17) is 11.6 Å². The van der Waals surface area contributed by atoms with Crippen LogP contribution in [0, 0.1) is 5.82 Å². The predicted octanol–water partition coefficient (Wildman–Crippen LogP) is 7.14. The lowest BCUT2D eigenvalue weighted by atomic mass is 9.97. The van der Waals surface area contributed by atoms with Crippen molar-refractivity contribution in [3.63, 3.8) is 0 Å². The Morgan fingerprint density at radius 1 is 1.14 bits per heavy atom. The van der Waals surface area contributed by atoms with Crippen LogP contribution in [0.5, 0.6) is 0 Å². The molecular formula is C27H29ClFN3O2S. The first-order valence-electron chi connectivity index (χ1n) is 12.0. The predicted molar refractivity (Wildman–Crippen MR) is 140 cm³/mol. The smallest absolute Gasteiger partial charge is 0.275 e. The number of carbonyl (C=O) groups excluding carboxylic acids is 2. The van der Waals surface area contributed by atoms with Crippen molar-refractivity contribution >= 4 is 40.4 Å². The van der Waals surface area contributed by atoms with Gasteiger partial charge in [-0.3, -0.25) is 9.59 Å². The zero-order chi connectivity index (χ0) is 24.8. The molecule has 1 saturated heterocycles. The number of carbonyl (C=O) groups is 2. The maximum Gasteiger partial charge on any atom is 0.275 e. The molecule has 1 fully saturated rings. The second-order valence-electron chi connectivity index (χ2n) is 8.83. The minimum Gasteiger partial charge on any atom is -0.343 e. The molecule has 0 saturated carbocycles. The fourth-order valence-corrected chi connectivity index (χ4v) is 5.42. The monoisotopic (exact) mass is 513 g/mol. The van der Waals surface area contributed by atoms with Gasteiger partial charge in [-0.2, -0.15) is 0 Å². The number of aromatic nitrogens is 1. The Balaban J connectivity index is 1.39. The summed E-state index contributed by atoms with van der Waals surface area (Å²) in [6.45, 7) is 3.60. The van der Waals surface area contributed by atoms with Crippen LogP contribution < -0.4 is 5.32 Å². The van der Waals surface area contributed by atoms with Crippen LogP contribution in [-0.4, -0.2) is 34.8 Å². The quantitative estimate of drug-likeness (QED) is 0.325. The van der Waals surface area contributed by atoms with Gasteiger partial charge in [-0.25, -0.2) is 9.37 Å². The van der Waals surface area contributed by atoms with E-state index in [1.807, 2.05) is 4.90 Å². The van der Waals surface area contributed by atoms with Crippen molar-refractivity contribution in [1.29, 1.82) is 0 Å². The first-order valence-corrected chi connectivity index (χ1v) is 13.3. The zero-order valence-corrected chi connectivity index (χ0v) is 21.3. The van der Waals surface area contributed by atoms with Gasteiger partial charge in [-0.1, -0.05) is 43.5 Å². The normalized spacial score (nSPS) is 14.2. The summed E-state index contributed by atoms with van der Waals surface area (Å²) in [6, 6.07) is 11.3. The number of halogens is 2. The first kappa shape index (κ1) is 25.3. The number of nitrogens with one attached hydrogen (secondary N) is 1. The molecule has 5 nitrogen and oxygen atoms in total. The molecule has 0 spiro atoms. The highest BCUT2D eigenvalue weighted by Gasteiger charge is 2.26. The van der Waals surface area contributed by atoms with Crippen LogP contribution >= 0.6 is 22.9 Å². The van der Waals surface area contributed by atoms with Crippen molar-refractivity contribution in [2.45, 2.75) is 51.4 Å². The largest absolute Gasteiger partial charge is 0.343 e. The van der Waals surface area contributed by atoms with E-state index in [1.165, 1.54) is 23.5 Å². The molecule has 0 atom stereocenters. The van der Waals surface area contributed by atoms with Crippen LogP contribution in [0.1, 0.15) is 66.9 Å². The molecule has 2 aromatic carbocycles. The molecule has 0 unspecified atom stereocenters. The molecule has 1 aliphatic rings. The number of thiazole rings is 1. The third kappa shape index (κ3) is 6.47. The van der Waals surface area contributed by atoms with Crippen molar-refractivity contribution < 1.29 is 14.0 Å². The number of hydrogen-bond acceptors (Lipinski definition) is 4. The summed E-state index contributed by atoms with van der Waals surface area (Å²) in [6.07, 6.45) is 5.49. The Morgan fingerprint density at radius 2 is 1.89 bits per heavy atom. The molecule has 3 aromatic rings.